The van der Waals surface area contributed by atoms with Crippen LogP contribution in [0.15, 0.2) is 150 Å². The Bertz CT molecular complexity index is 2770. The van der Waals surface area contributed by atoms with Gasteiger partial charge in [0.15, 0.2) is 17.5 Å². The molecule has 10 radical (unpaired) electrons. The standard InChI is InChI=1S/C45H24B5N3O/c46-38-36(39(47)41(49)42(50)40(38)48)28-20-16-26(17-21-28)25-14-18-27(19-15-25)32-12-7-13-35-37(32)33-24-31(22-23-34(33)54-35)45-52-43(29-8-3-1-4-9-29)51-44(53-45)30-10-5-2-6-11-30/h1-24H. The SMILES string of the molecule is [B]c1c([B])c([B])c(-c2ccc(-c3ccc(-c4cccc5oc6ccc(-c7nc(-c8ccccc8)nc(-c8ccccc8)n7)cc6c45)cc3)cc2)c([B])c1[B]. The minimum absolute atomic E-state index is 0.197. The maximum Gasteiger partial charge on any atom is 0.164 e. The molecule has 0 unspecified atom stereocenters. The molecule has 0 fully saturated rings. The number of furan rings is 1. The summed E-state index contributed by atoms with van der Waals surface area (Å²) in [5.74, 6) is 1.81. The van der Waals surface area contributed by atoms with Gasteiger partial charge >= 0.3 is 0 Å². The lowest BCUT2D eigenvalue weighted by atomic mass is 9.59. The predicted octanol–water partition coefficient (Wildman–Crippen LogP) is 5.74. The predicted molar refractivity (Wildman–Crippen MR) is 227 cm³/mol. The molecule has 0 amide bonds. The van der Waals surface area contributed by atoms with Gasteiger partial charge in [0, 0.05) is 27.5 Å². The van der Waals surface area contributed by atoms with Gasteiger partial charge in [-0.2, -0.15) is 0 Å². The van der Waals surface area contributed by atoms with Crippen LogP contribution in [-0.2, 0) is 0 Å². The topological polar surface area (TPSA) is 51.8 Å². The van der Waals surface area contributed by atoms with Crippen LogP contribution in [0.25, 0.3) is 89.5 Å². The van der Waals surface area contributed by atoms with E-state index in [1.807, 2.05) is 109 Å². The van der Waals surface area contributed by atoms with Crippen molar-refractivity contribution in [3.05, 3.63) is 146 Å². The number of rotatable bonds is 6. The summed E-state index contributed by atoms with van der Waals surface area (Å²) >= 11 is 0. The molecule has 0 aliphatic carbocycles. The molecular weight excluding hydrogens is 653 g/mol. The summed E-state index contributed by atoms with van der Waals surface area (Å²) < 4.78 is 6.38. The summed E-state index contributed by atoms with van der Waals surface area (Å²) in [6.45, 7) is 0. The monoisotopic (exact) mass is 677 g/mol. The normalized spacial score (nSPS) is 11.3. The van der Waals surface area contributed by atoms with Crippen LogP contribution in [0.4, 0.5) is 0 Å². The first kappa shape index (κ1) is 33.5. The van der Waals surface area contributed by atoms with Crippen LogP contribution in [0.1, 0.15) is 0 Å². The van der Waals surface area contributed by atoms with E-state index < -0.39 is 0 Å². The van der Waals surface area contributed by atoms with Crippen molar-refractivity contribution >= 4 is 88.5 Å². The highest BCUT2D eigenvalue weighted by molar-refractivity contribution is 6.68. The molecule has 0 bridgehead atoms. The number of hydrogen-bond donors (Lipinski definition) is 0. The summed E-state index contributed by atoms with van der Waals surface area (Å²) in [4.78, 5) is 14.8. The van der Waals surface area contributed by atoms with Gasteiger partial charge in [0.1, 0.15) is 50.4 Å². The van der Waals surface area contributed by atoms with Crippen LogP contribution in [-0.4, -0.2) is 54.2 Å². The molecule has 0 aliphatic heterocycles. The van der Waals surface area contributed by atoms with Crippen molar-refractivity contribution in [3.8, 4) is 67.5 Å². The van der Waals surface area contributed by atoms with Gasteiger partial charge in [0.2, 0.25) is 0 Å². The molecule has 0 saturated carbocycles. The van der Waals surface area contributed by atoms with E-state index in [1.54, 1.807) is 0 Å². The zero-order valence-corrected chi connectivity index (χ0v) is 29.0. The highest BCUT2D eigenvalue weighted by Crippen LogP contribution is 2.39. The second-order valence-electron chi connectivity index (χ2n) is 13.1. The fourth-order valence-corrected chi connectivity index (χ4v) is 6.98. The van der Waals surface area contributed by atoms with Crippen molar-refractivity contribution in [2.24, 2.45) is 0 Å². The lowest BCUT2D eigenvalue weighted by Gasteiger charge is -2.21. The summed E-state index contributed by atoms with van der Waals surface area (Å²) in [6, 6.07) is 48.6. The average molecular weight is 677 g/mol. The van der Waals surface area contributed by atoms with Gasteiger partial charge in [-0.15, -0.1) is 16.4 Å². The first-order chi connectivity index (χ1) is 26.3. The van der Waals surface area contributed by atoms with Crippen LogP contribution in [0.2, 0.25) is 0 Å². The summed E-state index contributed by atoms with van der Waals surface area (Å²) in [5.41, 5.74) is 11.1. The summed E-state index contributed by atoms with van der Waals surface area (Å²) in [7, 11) is 30.8. The van der Waals surface area contributed by atoms with E-state index in [0.29, 0.717) is 34.0 Å². The molecule has 2 aromatic heterocycles. The Kier molecular flexibility index (Phi) is 8.43. The lowest BCUT2D eigenvalue weighted by molar-refractivity contribution is 0.669. The molecule has 9 aromatic rings. The molecule has 7 aromatic carbocycles. The third-order valence-electron chi connectivity index (χ3n) is 9.85. The second kappa shape index (κ2) is 13.6. The van der Waals surface area contributed by atoms with Crippen molar-refractivity contribution in [1.29, 1.82) is 0 Å². The number of hydrogen-bond acceptors (Lipinski definition) is 4. The zero-order chi connectivity index (χ0) is 36.9. The van der Waals surface area contributed by atoms with Crippen molar-refractivity contribution in [3.63, 3.8) is 0 Å². The molecule has 0 spiro atoms. The van der Waals surface area contributed by atoms with E-state index in [4.69, 9.17) is 58.6 Å². The van der Waals surface area contributed by atoms with Crippen molar-refractivity contribution in [1.82, 2.24) is 15.0 Å². The van der Waals surface area contributed by atoms with E-state index in [0.717, 1.165) is 66.4 Å². The highest BCUT2D eigenvalue weighted by atomic mass is 16.3. The molecule has 4 nitrogen and oxygen atoms in total. The van der Waals surface area contributed by atoms with Gasteiger partial charge in [-0.1, -0.05) is 132 Å². The second-order valence-corrected chi connectivity index (χ2v) is 13.1. The Labute approximate surface area is 319 Å². The maximum atomic E-state index is 6.38. The summed E-state index contributed by atoms with van der Waals surface area (Å²) in [6.07, 6.45) is 0. The molecule has 54 heavy (non-hydrogen) atoms. The van der Waals surface area contributed by atoms with Gasteiger partial charge in [-0.25, -0.2) is 15.0 Å². The van der Waals surface area contributed by atoms with E-state index in [9.17, 15) is 0 Å². The maximum absolute atomic E-state index is 6.38. The van der Waals surface area contributed by atoms with Gasteiger partial charge < -0.3 is 4.42 Å². The third kappa shape index (κ3) is 5.86. The molecule has 240 valence electrons. The zero-order valence-electron chi connectivity index (χ0n) is 29.0. The molecule has 0 N–H and O–H groups in total. The van der Waals surface area contributed by atoms with Crippen LogP contribution in [0.3, 0.4) is 0 Å². The first-order valence-corrected chi connectivity index (χ1v) is 17.4. The number of nitrogens with zero attached hydrogens (tertiary/aromatic N) is 3. The summed E-state index contributed by atoms with van der Waals surface area (Å²) in [5, 5.41) is 1.99. The Morgan fingerprint density at radius 1 is 0.352 bits per heavy atom. The van der Waals surface area contributed by atoms with Gasteiger partial charge in [-0.3, -0.25) is 0 Å². The van der Waals surface area contributed by atoms with Gasteiger partial charge in [-0.05, 0) is 57.6 Å². The quantitative estimate of drug-likeness (QED) is 0.211. The minimum Gasteiger partial charge on any atom is -0.456 e. The van der Waals surface area contributed by atoms with Gasteiger partial charge in [0.05, 0.1) is 0 Å². The Balaban J connectivity index is 1.09. The fraction of sp³-hybridized carbons (Fsp3) is 0. The Hall–Kier alpha value is -6.33. The molecule has 9 rings (SSSR count). The van der Waals surface area contributed by atoms with Crippen molar-refractivity contribution in [2.75, 3.05) is 0 Å². The third-order valence-corrected chi connectivity index (χ3v) is 9.85. The van der Waals surface area contributed by atoms with Crippen LogP contribution in [0.5, 0.6) is 0 Å². The van der Waals surface area contributed by atoms with Crippen molar-refractivity contribution in [2.45, 2.75) is 0 Å². The van der Waals surface area contributed by atoms with Gasteiger partial charge in [0.25, 0.3) is 0 Å². The largest absolute Gasteiger partial charge is 0.456 e. The molecule has 2 heterocycles. The minimum atomic E-state index is 0.197. The number of benzene rings is 7. The lowest BCUT2D eigenvalue weighted by Crippen LogP contribution is -2.55. The Morgan fingerprint density at radius 2 is 0.815 bits per heavy atom. The fourth-order valence-electron chi connectivity index (χ4n) is 6.98. The van der Waals surface area contributed by atoms with Crippen LogP contribution < -0.4 is 27.3 Å². The van der Waals surface area contributed by atoms with Crippen molar-refractivity contribution < 1.29 is 4.42 Å². The molecule has 0 atom stereocenters. The highest BCUT2D eigenvalue weighted by Gasteiger charge is 2.17. The molecular formula is C45H24B5N3O. The van der Waals surface area contributed by atoms with E-state index >= 15 is 0 Å². The van der Waals surface area contributed by atoms with E-state index in [1.165, 1.54) is 0 Å². The van der Waals surface area contributed by atoms with E-state index in [2.05, 4.69) is 36.4 Å². The smallest absolute Gasteiger partial charge is 0.164 e. The molecule has 0 aliphatic rings. The number of fused-ring (bicyclic) bond motifs is 3. The molecule has 0 saturated heterocycles. The first-order valence-electron chi connectivity index (χ1n) is 17.4. The average Bonchev–Trinajstić information content (AvgIpc) is 3.61. The molecule has 9 heteroatoms. The van der Waals surface area contributed by atoms with Crippen LogP contribution in [0, 0.1) is 0 Å². The van der Waals surface area contributed by atoms with E-state index in [-0.39, 0.29) is 16.4 Å². The Morgan fingerprint density at radius 3 is 1.37 bits per heavy atom. The number of aromatic nitrogens is 3. The van der Waals surface area contributed by atoms with Crippen LogP contribution >= 0.6 is 0 Å².